The van der Waals surface area contributed by atoms with Gasteiger partial charge in [0.25, 0.3) is 0 Å². The summed E-state index contributed by atoms with van der Waals surface area (Å²) in [4.78, 5) is 0. The van der Waals surface area contributed by atoms with Crippen LogP contribution in [-0.2, 0) is 4.43 Å². The maximum atomic E-state index is 6.24. The van der Waals surface area contributed by atoms with Gasteiger partial charge < -0.3 is 4.43 Å². The van der Waals surface area contributed by atoms with Gasteiger partial charge in [0.1, 0.15) is 5.60 Å². The number of benzene rings is 1. The molecule has 0 fully saturated rings. The van der Waals surface area contributed by atoms with E-state index in [0.29, 0.717) is 9.52 Å². The van der Waals surface area contributed by atoms with Gasteiger partial charge in [-0.15, -0.1) is 5.54 Å². The zero-order valence-electron chi connectivity index (χ0n) is 13.8. The van der Waals surface area contributed by atoms with Crippen LogP contribution in [0.4, 0.5) is 0 Å². The van der Waals surface area contributed by atoms with Crippen LogP contribution in [0.1, 0.15) is 31.4 Å². The smallest absolute Gasteiger partial charge is 0.186 e. The molecule has 0 aliphatic carbocycles. The average Bonchev–Trinajstić information content (AvgIpc) is 2.32. The Bertz CT molecular complexity index is 520. The molecule has 108 valence electrons. The second-order valence-electron chi connectivity index (χ2n) is 6.42. The molecule has 1 aromatic carbocycles. The molecule has 0 aromatic heterocycles. The van der Waals surface area contributed by atoms with Crippen molar-refractivity contribution < 1.29 is 4.43 Å². The summed E-state index contributed by atoms with van der Waals surface area (Å²) in [6, 6.07) is 6.45. The summed E-state index contributed by atoms with van der Waals surface area (Å²) in [5, 5.41) is 1.35. The summed E-state index contributed by atoms with van der Waals surface area (Å²) in [5.41, 5.74) is 5.77. The van der Waals surface area contributed by atoms with Crippen LogP contribution in [0, 0.1) is 25.3 Å². The van der Waals surface area contributed by atoms with E-state index in [0.717, 1.165) is 6.42 Å². The molecule has 1 nitrogen and oxygen atoms in total. The molecule has 1 rings (SSSR count). The Balaban J connectivity index is 2.85. The summed E-state index contributed by atoms with van der Waals surface area (Å²) in [7, 11) is -1.03. The molecule has 0 aliphatic rings. The third-order valence-corrected chi connectivity index (χ3v) is 5.46. The van der Waals surface area contributed by atoms with Crippen LogP contribution in [0.5, 0.6) is 0 Å². The van der Waals surface area contributed by atoms with Crippen molar-refractivity contribution in [3.05, 3.63) is 29.3 Å². The molecule has 1 aromatic rings. The molecule has 2 radical (unpaired) electrons. The van der Waals surface area contributed by atoms with Gasteiger partial charge in [-0.05, 0) is 63.1 Å². The SMILES string of the molecule is CCC(C)(C#C[Si]c1cccc(C)c1C)O[Si](C)(C)C. The van der Waals surface area contributed by atoms with Crippen LogP contribution in [-0.4, -0.2) is 23.4 Å². The summed E-state index contributed by atoms with van der Waals surface area (Å²) in [5.74, 6) is 3.37. The van der Waals surface area contributed by atoms with Crippen LogP contribution < -0.4 is 5.19 Å². The molecule has 1 unspecified atom stereocenters. The minimum atomic E-state index is -1.56. The van der Waals surface area contributed by atoms with Gasteiger partial charge in [-0.2, -0.15) is 0 Å². The Morgan fingerprint density at radius 3 is 2.45 bits per heavy atom. The highest BCUT2D eigenvalue weighted by Crippen LogP contribution is 2.20. The third-order valence-electron chi connectivity index (χ3n) is 3.33. The molecule has 0 aliphatic heterocycles. The van der Waals surface area contributed by atoms with Crippen molar-refractivity contribution in [1.29, 1.82) is 0 Å². The fraction of sp³-hybridized carbons (Fsp3) is 0.529. The van der Waals surface area contributed by atoms with E-state index in [1.54, 1.807) is 0 Å². The second kappa shape index (κ2) is 6.75. The molecule has 20 heavy (non-hydrogen) atoms. The number of hydrogen-bond donors (Lipinski definition) is 0. The van der Waals surface area contributed by atoms with Gasteiger partial charge in [-0.25, -0.2) is 0 Å². The van der Waals surface area contributed by atoms with E-state index < -0.39 is 8.32 Å². The van der Waals surface area contributed by atoms with E-state index in [4.69, 9.17) is 4.43 Å². The molecular formula is C17H26OSi2. The Morgan fingerprint density at radius 1 is 1.25 bits per heavy atom. The van der Waals surface area contributed by atoms with Crippen molar-refractivity contribution in [3.63, 3.8) is 0 Å². The molecule has 1 atom stereocenters. The largest absolute Gasteiger partial charge is 0.402 e. The van der Waals surface area contributed by atoms with E-state index in [1.807, 2.05) is 0 Å². The van der Waals surface area contributed by atoms with Crippen LogP contribution in [0.25, 0.3) is 0 Å². The maximum absolute atomic E-state index is 6.24. The highest BCUT2D eigenvalue weighted by Gasteiger charge is 2.28. The van der Waals surface area contributed by atoms with Crippen molar-refractivity contribution in [2.75, 3.05) is 0 Å². The normalized spacial score (nSPS) is 14.3. The predicted octanol–water partition coefficient (Wildman–Crippen LogP) is 3.61. The summed E-state index contributed by atoms with van der Waals surface area (Å²) >= 11 is 0. The van der Waals surface area contributed by atoms with E-state index >= 15 is 0 Å². The number of aryl methyl sites for hydroxylation is 1. The number of hydrogen-bond acceptors (Lipinski definition) is 1. The lowest BCUT2D eigenvalue weighted by Crippen LogP contribution is -2.39. The topological polar surface area (TPSA) is 9.23 Å². The lowest BCUT2D eigenvalue weighted by molar-refractivity contribution is 0.138. The monoisotopic (exact) mass is 302 g/mol. The van der Waals surface area contributed by atoms with Crippen molar-refractivity contribution in [1.82, 2.24) is 0 Å². The molecule has 0 bridgehead atoms. The van der Waals surface area contributed by atoms with Crippen molar-refractivity contribution in [2.45, 2.75) is 59.4 Å². The zero-order chi connectivity index (χ0) is 15.4. The maximum Gasteiger partial charge on any atom is 0.186 e. The van der Waals surface area contributed by atoms with Gasteiger partial charge in [0, 0.05) is 0 Å². The van der Waals surface area contributed by atoms with E-state index in [9.17, 15) is 0 Å². The fourth-order valence-corrected chi connectivity index (χ4v) is 4.55. The first-order valence-corrected chi connectivity index (χ1v) is 11.6. The quantitative estimate of drug-likeness (QED) is 0.610. The average molecular weight is 303 g/mol. The van der Waals surface area contributed by atoms with E-state index in [2.05, 4.69) is 77.0 Å². The first kappa shape index (κ1) is 17.2. The molecular weight excluding hydrogens is 276 g/mol. The summed E-state index contributed by atoms with van der Waals surface area (Å²) in [6.45, 7) is 15.3. The lowest BCUT2D eigenvalue weighted by Gasteiger charge is -2.31. The Hall–Kier alpha value is -0.826. The molecule has 0 saturated carbocycles. The van der Waals surface area contributed by atoms with E-state index in [1.165, 1.54) is 16.3 Å². The first-order valence-electron chi connectivity index (χ1n) is 7.21. The van der Waals surface area contributed by atoms with Crippen LogP contribution in [0.2, 0.25) is 19.6 Å². The van der Waals surface area contributed by atoms with Crippen molar-refractivity contribution >= 4 is 23.0 Å². The van der Waals surface area contributed by atoms with Crippen LogP contribution in [0.3, 0.4) is 0 Å². The minimum Gasteiger partial charge on any atom is -0.402 e. The Labute approximate surface area is 128 Å². The van der Waals surface area contributed by atoms with Gasteiger partial charge in [0.15, 0.2) is 17.8 Å². The van der Waals surface area contributed by atoms with E-state index in [-0.39, 0.29) is 5.60 Å². The van der Waals surface area contributed by atoms with Crippen molar-refractivity contribution in [2.24, 2.45) is 0 Å². The molecule has 0 saturated heterocycles. The molecule has 0 heterocycles. The first-order chi connectivity index (χ1) is 9.17. The standard InChI is InChI=1S/C17H26OSi2/c1-8-17(4,18-20(5,6)7)12-13-19-16-11-9-10-14(2)15(16)3/h9-11H,8H2,1-7H3. The molecule has 0 amide bonds. The predicted molar refractivity (Wildman–Crippen MR) is 92.2 cm³/mol. The lowest BCUT2D eigenvalue weighted by atomic mass is 10.1. The highest BCUT2D eigenvalue weighted by molar-refractivity contribution is 6.69. The Kier molecular flexibility index (Phi) is 5.82. The summed E-state index contributed by atoms with van der Waals surface area (Å²) in [6.07, 6.45) is 0.932. The molecule has 0 spiro atoms. The van der Waals surface area contributed by atoms with Gasteiger partial charge in [-0.1, -0.05) is 31.0 Å². The van der Waals surface area contributed by atoms with Gasteiger partial charge in [0.2, 0.25) is 0 Å². The van der Waals surface area contributed by atoms with Gasteiger partial charge in [-0.3, -0.25) is 0 Å². The second-order valence-corrected chi connectivity index (χ2v) is 11.9. The number of rotatable bonds is 4. The van der Waals surface area contributed by atoms with Crippen molar-refractivity contribution in [3.8, 4) is 11.5 Å². The minimum absolute atomic E-state index is 0.296. The van der Waals surface area contributed by atoms with Gasteiger partial charge in [0.05, 0.1) is 0 Å². The Morgan fingerprint density at radius 2 is 1.90 bits per heavy atom. The fourth-order valence-electron chi connectivity index (χ4n) is 1.98. The zero-order valence-corrected chi connectivity index (χ0v) is 15.8. The van der Waals surface area contributed by atoms with Crippen LogP contribution >= 0.6 is 0 Å². The highest BCUT2D eigenvalue weighted by atomic mass is 28.4. The third kappa shape index (κ3) is 5.28. The van der Waals surface area contributed by atoms with Gasteiger partial charge >= 0.3 is 0 Å². The van der Waals surface area contributed by atoms with Crippen LogP contribution in [0.15, 0.2) is 18.2 Å². The molecule has 3 heteroatoms. The summed E-state index contributed by atoms with van der Waals surface area (Å²) < 4.78 is 6.24. The molecule has 0 N–H and O–H groups in total.